The molecule has 7 aromatic carbocycles. The van der Waals surface area contributed by atoms with Gasteiger partial charge in [-0.2, -0.15) is 0 Å². The van der Waals surface area contributed by atoms with E-state index in [2.05, 4.69) is 158 Å². The maximum absolute atomic E-state index is 6.81. The summed E-state index contributed by atoms with van der Waals surface area (Å²) in [6.45, 7) is 4.36. The molecule has 200 valence electrons. The van der Waals surface area contributed by atoms with Crippen molar-refractivity contribution in [1.29, 1.82) is 0 Å². The van der Waals surface area contributed by atoms with Gasteiger partial charge in [0.25, 0.3) is 0 Å². The lowest BCUT2D eigenvalue weighted by Crippen LogP contribution is -2.13. The molecule has 0 radical (unpaired) electrons. The van der Waals surface area contributed by atoms with Gasteiger partial charge in [-0.15, -0.1) is 0 Å². The standard InChI is InChI=1S/C40H29NO/c1-26-12-6-8-20-34(26)41(35-21-9-7-13-27(35)2)36-23-25-38-40-32(18-11-19-33(36)40)31-17-10-16-30-29(28-14-4-3-5-15-28)22-24-37(42-38)39(30)31/h3-25H,1-2H3. The van der Waals surface area contributed by atoms with Gasteiger partial charge in [0, 0.05) is 27.5 Å². The van der Waals surface area contributed by atoms with Crippen LogP contribution in [-0.4, -0.2) is 0 Å². The van der Waals surface area contributed by atoms with Gasteiger partial charge in [0.15, 0.2) is 0 Å². The molecule has 42 heavy (non-hydrogen) atoms. The summed E-state index contributed by atoms with van der Waals surface area (Å²) < 4.78 is 6.81. The summed E-state index contributed by atoms with van der Waals surface area (Å²) in [7, 11) is 0. The summed E-state index contributed by atoms with van der Waals surface area (Å²) in [5.41, 5.74) is 10.1. The molecule has 0 atom stereocenters. The van der Waals surface area contributed by atoms with Gasteiger partial charge >= 0.3 is 0 Å². The first-order valence-electron chi connectivity index (χ1n) is 14.5. The second-order valence-electron chi connectivity index (χ2n) is 11.0. The van der Waals surface area contributed by atoms with Gasteiger partial charge in [-0.25, -0.2) is 0 Å². The van der Waals surface area contributed by atoms with E-state index in [4.69, 9.17) is 4.42 Å². The van der Waals surface area contributed by atoms with Crippen molar-refractivity contribution in [3.8, 4) is 11.1 Å². The number of hydrogen-bond acceptors (Lipinski definition) is 2. The van der Waals surface area contributed by atoms with Crippen LogP contribution in [0.5, 0.6) is 0 Å². The topological polar surface area (TPSA) is 16.4 Å². The van der Waals surface area contributed by atoms with E-state index < -0.39 is 0 Å². The lowest BCUT2D eigenvalue weighted by atomic mass is 9.94. The fourth-order valence-corrected chi connectivity index (χ4v) is 6.55. The van der Waals surface area contributed by atoms with Crippen LogP contribution in [0.3, 0.4) is 0 Å². The molecule has 0 fully saturated rings. The van der Waals surface area contributed by atoms with E-state index in [9.17, 15) is 0 Å². The van der Waals surface area contributed by atoms with Gasteiger partial charge in [0.05, 0.1) is 5.69 Å². The molecule has 2 heteroatoms. The maximum Gasteiger partial charge on any atom is 0.136 e. The summed E-state index contributed by atoms with van der Waals surface area (Å²) in [5.74, 6) is 0. The Hall–Kier alpha value is -5.34. The molecule has 0 N–H and O–H groups in total. The molecule has 0 aliphatic rings. The molecular formula is C40H29NO. The number of fused-ring (bicyclic) bond motifs is 1. The zero-order valence-corrected chi connectivity index (χ0v) is 23.6. The largest absolute Gasteiger partial charge is 0.456 e. The first-order chi connectivity index (χ1) is 20.7. The Bertz CT molecular complexity index is 2230. The third-order valence-electron chi connectivity index (χ3n) is 8.53. The molecule has 2 nitrogen and oxygen atoms in total. The van der Waals surface area contributed by atoms with Crippen LogP contribution in [0.4, 0.5) is 17.1 Å². The van der Waals surface area contributed by atoms with Gasteiger partial charge in [0.2, 0.25) is 0 Å². The lowest BCUT2D eigenvalue weighted by Gasteiger charge is -2.29. The molecule has 1 heterocycles. The second-order valence-corrected chi connectivity index (χ2v) is 11.0. The van der Waals surface area contributed by atoms with Crippen molar-refractivity contribution >= 4 is 60.5 Å². The van der Waals surface area contributed by atoms with E-state index in [-0.39, 0.29) is 0 Å². The summed E-state index contributed by atoms with van der Waals surface area (Å²) in [6.07, 6.45) is 0. The number of hydrogen-bond donors (Lipinski definition) is 0. The van der Waals surface area contributed by atoms with Crippen LogP contribution in [0, 0.1) is 13.8 Å². The Labute approximate surface area is 245 Å². The highest BCUT2D eigenvalue weighted by molar-refractivity contribution is 6.26. The summed E-state index contributed by atoms with van der Waals surface area (Å²) in [6, 6.07) is 49.8. The minimum absolute atomic E-state index is 0.879. The van der Waals surface area contributed by atoms with Crippen LogP contribution >= 0.6 is 0 Å². The van der Waals surface area contributed by atoms with Crippen molar-refractivity contribution in [3.63, 3.8) is 0 Å². The summed E-state index contributed by atoms with van der Waals surface area (Å²) in [4.78, 5) is 2.40. The zero-order valence-electron chi connectivity index (χ0n) is 23.6. The molecule has 8 aromatic rings. The highest BCUT2D eigenvalue weighted by Gasteiger charge is 2.21. The number of benzene rings is 7. The van der Waals surface area contributed by atoms with Crippen LogP contribution in [-0.2, 0) is 0 Å². The predicted molar refractivity (Wildman–Crippen MR) is 178 cm³/mol. The van der Waals surface area contributed by atoms with Crippen molar-refractivity contribution in [2.24, 2.45) is 0 Å². The van der Waals surface area contributed by atoms with E-state index in [0.29, 0.717) is 0 Å². The zero-order chi connectivity index (χ0) is 28.2. The molecule has 0 aliphatic heterocycles. The van der Waals surface area contributed by atoms with Crippen molar-refractivity contribution in [2.45, 2.75) is 13.8 Å². The lowest BCUT2D eigenvalue weighted by molar-refractivity contribution is 0.664. The van der Waals surface area contributed by atoms with Crippen molar-refractivity contribution in [1.82, 2.24) is 0 Å². The average Bonchev–Trinajstić information content (AvgIpc) is 3.17. The Kier molecular flexibility index (Phi) is 5.61. The highest BCUT2D eigenvalue weighted by atomic mass is 16.3. The van der Waals surface area contributed by atoms with Crippen LogP contribution < -0.4 is 4.90 Å². The number of nitrogens with zero attached hydrogens (tertiary/aromatic N) is 1. The molecule has 0 saturated carbocycles. The molecule has 0 aliphatic carbocycles. The normalized spacial score (nSPS) is 11.6. The minimum atomic E-state index is 0.879. The van der Waals surface area contributed by atoms with Crippen molar-refractivity contribution in [2.75, 3.05) is 4.90 Å². The van der Waals surface area contributed by atoms with Gasteiger partial charge in [-0.3, -0.25) is 0 Å². The van der Waals surface area contributed by atoms with E-state index >= 15 is 0 Å². The predicted octanol–water partition coefficient (Wildman–Crippen LogP) is 11.6. The Morgan fingerprint density at radius 1 is 0.405 bits per heavy atom. The maximum atomic E-state index is 6.81. The van der Waals surface area contributed by atoms with Crippen LogP contribution in [0.15, 0.2) is 144 Å². The van der Waals surface area contributed by atoms with Gasteiger partial charge in [0.1, 0.15) is 11.2 Å². The van der Waals surface area contributed by atoms with E-state index in [1.54, 1.807) is 0 Å². The quantitative estimate of drug-likeness (QED) is 0.221. The third kappa shape index (κ3) is 3.73. The number of aryl methyl sites for hydroxylation is 2. The number of anilines is 3. The van der Waals surface area contributed by atoms with E-state index in [1.165, 1.54) is 49.8 Å². The molecule has 1 aromatic heterocycles. The second kappa shape index (κ2) is 9.64. The van der Waals surface area contributed by atoms with Crippen molar-refractivity contribution < 1.29 is 4.42 Å². The van der Waals surface area contributed by atoms with Crippen molar-refractivity contribution in [3.05, 3.63) is 151 Å². The molecule has 0 bridgehead atoms. The molecular weight excluding hydrogens is 510 g/mol. The Morgan fingerprint density at radius 3 is 1.57 bits per heavy atom. The molecule has 8 rings (SSSR count). The van der Waals surface area contributed by atoms with Gasteiger partial charge < -0.3 is 9.32 Å². The molecule has 0 amide bonds. The third-order valence-corrected chi connectivity index (χ3v) is 8.53. The first-order valence-corrected chi connectivity index (χ1v) is 14.5. The fourth-order valence-electron chi connectivity index (χ4n) is 6.55. The Morgan fingerprint density at radius 2 is 0.929 bits per heavy atom. The molecule has 0 spiro atoms. The molecule has 0 saturated heterocycles. The van der Waals surface area contributed by atoms with E-state index in [0.717, 1.165) is 33.0 Å². The molecule has 0 unspecified atom stereocenters. The average molecular weight is 540 g/mol. The first kappa shape index (κ1) is 24.5. The monoisotopic (exact) mass is 539 g/mol. The number of para-hydroxylation sites is 2. The van der Waals surface area contributed by atoms with E-state index in [1.807, 2.05) is 0 Å². The highest BCUT2D eigenvalue weighted by Crippen LogP contribution is 2.45. The van der Waals surface area contributed by atoms with Crippen LogP contribution in [0.1, 0.15) is 11.1 Å². The minimum Gasteiger partial charge on any atom is -0.456 e. The van der Waals surface area contributed by atoms with Crippen LogP contribution in [0.25, 0.3) is 54.6 Å². The van der Waals surface area contributed by atoms with Gasteiger partial charge in [-0.1, -0.05) is 109 Å². The Balaban J connectivity index is 1.49. The number of rotatable bonds is 4. The smallest absolute Gasteiger partial charge is 0.136 e. The fraction of sp³-hybridized carbons (Fsp3) is 0.0500. The summed E-state index contributed by atoms with van der Waals surface area (Å²) in [5, 5.41) is 7.02. The van der Waals surface area contributed by atoms with Gasteiger partial charge in [-0.05, 0) is 82.6 Å². The summed E-state index contributed by atoms with van der Waals surface area (Å²) >= 11 is 0. The SMILES string of the molecule is Cc1ccccc1N(c1ccccc1C)c1ccc2oc3ccc(-c4ccccc4)c4cccc(c5cccc1c25)c34. The van der Waals surface area contributed by atoms with Crippen LogP contribution in [0.2, 0.25) is 0 Å².